The highest BCUT2D eigenvalue weighted by Crippen LogP contribution is 2.10. The molecule has 0 bridgehead atoms. The summed E-state index contributed by atoms with van der Waals surface area (Å²) in [4.78, 5) is 0. The summed E-state index contributed by atoms with van der Waals surface area (Å²) in [6, 6.07) is 0. The van der Waals surface area contributed by atoms with E-state index in [0.29, 0.717) is 13.2 Å². The summed E-state index contributed by atoms with van der Waals surface area (Å²) < 4.78 is 4.36. The number of hydrogen-bond acceptors (Lipinski definition) is 3. The Balaban J connectivity index is 0. The quantitative estimate of drug-likeness (QED) is 0.391. The molecule has 19 heavy (non-hydrogen) atoms. The van der Waals surface area contributed by atoms with Gasteiger partial charge in [-0.3, -0.25) is 0 Å². The summed E-state index contributed by atoms with van der Waals surface area (Å²) in [5.41, 5.74) is 0. The van der Waals surface area contributed by atoms with Crippen LogP contribution >= 0.6 is 0 Å². The average molecular weight is 272 g/mol. The van der Waals surface area contributed by atoms with Crippen LogP contribution < -0.4 is 0 Å². The van der Waals surface area contributed by atoms with E-state index in [1.165, 1.54) is 63.9 Å². The van der Waals surface area contributed by atoms with Gasteiger partial charge in [-0.15, -0.1) is 0 Å². The smallest absolute Gasteiger partial charge is 0.0829 e. The van der Waals surface area contributed by atoms with E-state index < -0.39 is 0 Å². The van der Waals surface area contributed by atoms with Gasteiger partial charge in [0.2, 0.25) is 0 Å². The van der Waals surface area contributed by atoms with E-state index in [0.717, 1.165) is 12.8 Å². The highest BCUT2D eigenvalue weighted by atomic mass is 16.5. The maximum atomic E-state index is 8.57. The van der Waals surface area contributed by atoms with Crippen LogP contribution in [0.15, 0.2) is 25.7 Å². The number of unbranched alkanes of at least 4 members (excludes halogenated alkanes) is 9. The fraction of sp³-hybridized carbons (Fsp3) is 0.750. The van der Waals surface area contributed by atoms with Crippen molar-refractivity contribution in [1.82, 2.24) is 0 Å². The molecule has 0 aliphatic carbocycles. The lowest BCUT2D eigenvalue weighted by molar-refractivity contribution is 0.281. The molecule has 0 aliphatic heterocycles. The first-order valence-electron chi connectivity index (χ1n) is 7.42. The zero-order chi connectivity index (χ0) is 14.6. The molecule has 0 heterocycles. The topological polar surface area (TPSA) is 49.7 Å². The number of ether oxygens (including phenoxy) is 1. The van der Waals surface area contributed by atoms with E-state index in [9.17, 15) is 0 Å². The molecular weight excluding hydrogens is 240 g/mol. The molecule has 0 aromatic rings. The third-order valence-corrected chi connectivity index (χ3v) is 2.76. The largest absolute Gasteiger partial charge is 0.474 e. The molecule has 0 radical (unpaired) electrons. The van der Waals surface area contributed by atoms with Crippen molar-refractivity contribution < 1.29 is 14.9 Å². The standard InChI is InChI=1S/C12H26O2.C4H6O/c13-11-9-7-5-3-1-2-4-6-8-10-12-14;1-3-5-4-2/h13-14H,1-12H2;3-4H,1-2H2. The van der Waals surface area contributed by atoms with Crippen LogP contribution in [0.1, 0.15) is 64.2 Å². The number of hydrogen-bond donors (Lipinski definition) is 2. The molecule has 3 heteroatoms. The molecule has 0 amide bonds. The lowest BCUT2D eigenvalue weighted by Crippen LogP contribution is -1.85. The Hall–Kier alpha value is -0.800. The average Bonchev–Trinajstić information content (AvgIpc) is 2.43. The second-order valence-corrected chi connectivity index (χ2v) is 4.45. The summed E-state index contributed by atoms with van der Waals surface area (Å²) in [6.07, 6.45) is 14.8. The third kappa shape index (κ3) is 26.7. The highest BCUT2D eigenvalue weighted by molar-refractivity contribution is 4.57. The van der Waals surface area contributed by atoms with Crippen molar-refractivity contribution in [1.29, 1.82) is 0 Å². The lowest BCUT2D eigenvalue weighted by Gasteiger charge is -2.01. The van der Waals surface area contributed by atoms with E-state index in [2.05, 4.69) is 17.9 Å². The van der Waals surface area contributed by atoms with E-state index in [1.54, 1.807) is 0 Å². The molecule has 0 spiro atoms. The summed E-state index contributed by atoms with van der Waals surface area (Å²) in [5.74, 6) is 0. The summed E-state index contributed by atoms with van der Waals surface area (Å²) >= 11 is 0. The fourth-order valence-electron chi connectivity index (χ4n) is 1.71. The minimum atomic E-state index is 0.348. The predicted octanol–water partition coefficient (Wildman–Crippen LogP) is 4.16. The number of aliphatic hydroxyl groups is 2. The van der Waals surface area contributed by atoms with Crippen molar-refractivity contribution in [3.8, 4) is 0 Å². The van der Waals surface area contributed by atoms with Gasteiger partial charge in [-0.1, -0.05) is 64.5 Å². The van der Waals surface area contributed by atoms with Crippen molar-refractivity contribution in [2.75, 3.05) is 13.2 Å². The summed E-state index contributed by atoms with van der Waals surface area (Å²) in [7, 11) is 0. The van der Waals surface area contributed by atoms with Gasteiger partial charge in [0.1, 0.15) is 0 Å². The second-order valence-electron chi connectivity index (χ2n) is 4.45. The molecule has 0 aliphatic rings. The highest BCUT2D eigenvalue weighted by Gasteiger charge is 1.92. The summed E-state index contributed by atoms with van der Waals surface area (Å²) in [6.45, 7) is 7.21. The van der Waals surface area contributed by atoms with Gasteiger partial charge in [0.15, 0.2) is 0 Å². The Morgan fingerprint density at radius 1 is 0.579 bits per heavy atom. The van der Waals surface area contributed by atoms with E-state index >= 15 is 0 Å². The van der Waals surface area contributed by atoms with Gasteiger partial charge in [0.25, 0.3) is 0 Å². The van der Waals surface area contributed by atoms with E-state index in [-0.39, 0.29) is 0 Å². The van der Waals surface area contributed by atoms with E-state index in [1.807, 2.05) is 0 Å². The monoisotopic (exact) mass is 272 g/mol. The minimum absolute atomic E-state index is 0.348. The maximum absolute atomic E-state index is 8.57. The van der Waals surface area contributed by atoms with Crippen LogP contribution in [-0.4, -0.2) is 23.4 Å². The van der Waals surface area contributed by atoms with Crippen LogP contribution in [0.25, 0.3) is 0 Å². The van der Waals surface area contributed by atoms with Crippen molar-refractivity contribution in [3.05, 3.63) is 25.7 Å². The molecule has 2 N–H and O–H groups in total. The Morgan fingerprint density at radius 3 is 1.00 bits per heavy atom. The molecular formula is C16H32O3. The molecule has 0 saturated carbocycles. The fourth-order valence-corrected chi connectivity index (χ4v) is 1.71. The SMILES string of the molecule is C=COC=C.OCCCCCCCCCCCCO. The van der Waals surface area contributed by atoms with Gasteiger partial charge in [-0.05, 0) is 12.8 Å². The molecule has 0 saturated heterocycles. The van der Waals surface area contributed by atoms with Gasteiger partial charge < -0.3 is 14.9 Å². The first kappa shape index (κ1) is 20.5. The predicted molar refractivity (Wildman–Crippen MR) is 81.8 cm³/mol. The Bertz CT molecular complexity index is 151. The van der Waals surface area contributed by atoms with Crippen LogP contribution in [-0.2, 0) is 4.74 Å². The van der Waals surface area contributed by atoms with Gasteiger partial charge >= 0.3 is 0 Å². The lowest BCUT2D eigenvalue weighted by atomic mass is 10.1. The van der Waals surface area contributed by atoms with Crippen LogP contribution in [0.4, 0.5) is 0 Å². The molecule has 0 atom stereocenters. The van der Waals surface area contributed by atoms with Gasteiger partial charge in [0.05, 0.1) is 12.5 Å². The van der Waals surface area contributed by atoms with Crippen LogP contribution in [0.5, 0.6) is 0 Å². The third-order valence-electron chi connectivity index (χ3n) is 2.76. The van der Waals surface area contributed by atoms with Gasteiger partial charge in [-0.25, -0.2) is 0 Å². The molecule has 114 valence electrons. The molecule has 0 fully saturated rings. The van der Waals surface area contributed by atoms with Crippen molar-refractivity contribution >= 4 is 0 Å². The van der Waals surface area contributed by atoms with Gasteiger partial charge in [0, 0.05) is 13.2 Å². The van der Waals surface area contributed by atoms with Crippen molar-refractivity contribution in [2.24, 2.45) is 0 Å². The van der Waals surface area contributed by atoms with E-state index in [4.69, 9.17) is 10.2 Å². The second kappa shape index (κ2) is 22.4. The molecule has 0 aromatic carbocycles. The number of aliphatic hydroxyl groups excluding tert-OH is 2. The normalized spacial score (nSPS) is 9.37. The molecule has 0 unspecified atom stereocenters. The van der Waals surface area contributed by atoms with Crippen LogP contribution in [0.2, 0.25) is 0 Å². The van der Waals surface area contributed by atoms with Crippen LogP contribution in [0.3, 0.4) is 0 Å². The molecule has 0 aromatic heterocycles. The Morgan fingerprint density at radius 2 is 0.842 bits per heavy atom. The zero-order valence-electron chi connectivity index (χ0n) is 12.4. The first-order chi connectivity index (χ1) is 9.33. The van der Waals surface area contributed by atoms with Gasteiger partial charge in [-0.2, -0.15) is 0 Å². The van der Waals surface area contributed by atoms with Crippen molar-refractivity contribution in [2.45, 2.75) is 64.2 Å². The zero-order valence-corrected chi connectivity index (χ0v) is 12.4. The summed E-state index contributed by atoms with van der Waals surface area (Å²) in [5, 5.41) is 17.1. The minimum Gasteiger partial charge on any atom is -0.474 e. The molecule has 3 nitrogen and oxygen atoms in total. The van der Waals surface area contributed by atoms with Crippen molar-refractivity contribution in [3.63, 3.8) is 0 Å². The number of rotatable bonds is 13. The Kier molecular flexibility index (Phi) is 24.2. The molecule has 0 rings (SSSR count). The first-order valence-corrected chi connectivity index (χ1v) is 7.42. The van der Waals surface area contributed by atoms with Crippen LogP contribution in [0, 0.1) is 0 Å². The Labute approximate surface area is 119 Å². The maximum Gasteiger partial charge on any atom is 0.0829 e.